The molecule has 1 aromatic heterocycles. The van der Waals surface area contributed by atoms with Crippen LogP contribution in [0.2, 0.25) is 0 Å². The minimum atomic E-state index is 0. The average Bonchev–Trinajstić information content (AvgIpc) is 3.26. The molecule has 148 valence electrons. The van der Waals surface area contributed by atoms with Crippen molar-refractivity contribution in [3.05, 3.63) is 16.1 Å². The number of rotatable bonds is 8. The van der Waals surface area contributed by atoms with Crippen LogP contribution in [0.4, 0.5) is 0 Å². The van der Waals surface area contributed by atoms with Crippen molar-refractivity contribution in [2.75, 3.05) is 20.1 Å². The minimum Gasteiger partial charge on any atom is -0.355 e. The fourth-order valence-corrected chi connectivity index (χ4v) is 3.88. The van der Waals surface area contributed by atoms with Crippen LogP contribution in [0.1, 0.15) is 62.6 Å². The quantitative estimate of drug-likeness (QED) is 0.225. The monoisotopic (exact) mass is 493 g/mol. The maximum absolute atomic E-state index is 11.9. The van der Waals surface area contributed by atoms with Crippen LogP contribution in [0.25, 0.3) is 0 Å². The maximum atomic E-state index is 11.9. The molecule has 8 heteroatoms. The van der Waals surface area contributed by atoms with Crippen LogP contribution >= 0.6 is 35.3 Å². The Bertz CT molecular complexity index is 570. The zero-order chi connectivity index (χ0) is 18.1. The number of aliphatic imine (C=N–C) groups is 1. The third-order valence-corrected chi connectivity index (χ3v) is 5.35. The van der Waals surface area contributed by atoms with Crippen molar-refractivity contribution in [3.8, 4) is 0 Å². The first-order valence-electron chi connectivity index (χ1n) is 9.24. The van der Waals surface area contributed by atoms with Gasteiger partial charge in [-0.2, -0.15) is 0 Å². The number of hydrogen-bond donors (Lipinski definition) is 3. The lowest BCUT2D eigenvalue weighted by Gasteiger charge is -2.12. The first-order valence-corrected chi connectivity index (χ1v) is 10.1. The molecule has 0 aliphatic heterocycles. The molecule has 26 heavy (non-hydrogen) atoms. The number of aromatic nitrogens is 1. The number of thiazole rings is 1. The van der Waals surface area contributed by atoms with Crippen molar-refractivity contribution in [1.29, 1.82) is 0 Å². The van der Waals surface area contributed by atoms with E-state index in [0.29, 0.717) is 37.9 Å². The van der Waals surface area contributed by atoms with Gasteiger partial charge in [-0.1, -0.05) is 26.7 Å². The van der Waals surface area contributed by atoms with Crippen molar-refractivity contribution < 1.29 is 4.79 Å². The van der Waals surface area contributed by atoms with Crippen LogP contribution in [0.5, 0.6) is 0 Å². The maximum Gasteiger partial charge on any atom is 0.220 e. The zero-order valence-corrected chi connectivity index (χ0v) is 19.2. The molecule has 0 atom stereocenters. The lowest BCUT2D eigenvalue weighted by atomic mass is 10.0. The third-order valence-electron chi connectivity index (χ3n) is 4.48. The second kappa shape index (κ2) is 12.5. The highest BCUT2D eigenvalue weighted by Crippen LogP contribution is 2.27. The van der Waals surface area contributed by atoms with Gasteiger partial charge in [-0.25, -0.2) is 4.98 Å². The smallest absolute Gasteiger partial charge is 0.220 e. The fraction of sp³-hybridized carbons (Fsp3) is 0.722. The highest BCUT2D eigenvalue weighted by molar-refractivity contribution is 14.0. The van der Waals surface area contributed by atoms with Crippen LogP contribution in [0, 0.1) is 5.92 Å². The highest BCUT2D eigenvalue weighted by atomic mass is 127. The SMILES string of the molecule is CN=C(NCCNC(=O)CC1CCCC1)NCc1nc(C(C)C)cs1.I. The average molecular weight is 493 g/mol. The molecule has 0 spiro atoms. The van der Waals surface area contributed by atoms with E-state index >= 15 is 0 Å². The first kappa shape index (κ1) is 23.1. The Morgan fingerprint density at radius 3 is 2.58 bits per heavy atom. The van der Waals surface area contributed by atoms with Gasteiger partial charge >= 0.3 is 0 Å². The summed E-state index contributed by atoms with van der Waals surface area (Å²) in [5.74, 6) is 1.94. The van der Waals surface area contributed by atoms with E-state index in [1.165, 1.54) is 25.7 Å². The van der Waals surface area contributed by atoms with Gasteiger partial charge in [0.1, 0.15) is 5.01 Å². The van der Waals surface area contributed by atoms with Crippen molar-refractivity contribution >= 4 is 47.2 Å². The Morgan fingerprint density at radius 1 is 1.27 bits per heavy atom. The Balaban J connectivity index is 0.00000338. The Hall–Kier alpha value is -0.900. The number of halogens is 1. The number of hydrogen-bond acceptors (Lipinski definition) is 4. The van der Waals surface area contributed by atoms with E-state index < -0.39 is 0 Å². The van der Waals surface area contributed by atoms with Crippen molar-refractivity contribution in [3.63, 3.8) is 0 Å². The summed E-state index contributed by atoms with van der Waals surface area (Å²) in [5.41, 5.74) is 1.13. The van der Waals surface area contributed by atoms with Gasteiger partial charge < -0.3 is 16.0 Å². The summed E-state index contributed by atoms with van der Waals surface area (Å²) in [7, 11) is 1.75. The van der Waals surface area contributed by atoms with E-state index in [1.54, 1.807) is 18.4 Å². The highest BCUT2D eigenvalue weighted by Gasteiger charge is 2.17. The number of amides is 1. The van der Waals surface area contributed by atoms with Crippen molar-refractivity contribution in [2.24, 2.45) is 10.9 Å². The zero-order valence-electron chi connectivity index (χ0n) is 16.0. The van der Waals surface area contributed by atoms with Crippen LogP contribution in [-0.2, 0) is 11.3 Å². The van der Waals surface area contributed by atoms with Crippen LogP contribution in [0.15, 0.2) is 10.4 Å². The molecule has 2 rings (SSSR count). The summed E-state index contributed by atoms with van der Waals surface area (Å²) < 4.78 is 0. The van der Waals surface area contributed by atoms with Gasteiger partial charge in [0.2, 0.25) is 5.91 Å². The number of carbonyl (C=O) groups excluding carboxylic acids is 1. The predicted octanol–water partition coefficient (Wildman–Crippen LogP) is 3.25. The largest absolute Gasteiger partial charge is 0.355 e. The second-order valence-electron chi connectivity index (χ2n) is 6.88. The van der Waals surface area contributed by atoms with Gasteiger partial charge in [0.25, 0.3) is 0 Å². The number of guanidine groups is 1. The Morgan fingerprint density at radius 2 is 1.96 bits per heavy atom. The molecule has 3 N–H and O–H groups in total. The molecule has 1 aromatic rings. The van der Waals surface area contributed by atoms with E-state index in [0.717, 1.165) is 16.7 Å². The molecule has 1 heterocycles. The number of carbonyl (C=O) groups is 1. The number of nitrogens with one attached hydrogen (secondary N) is 3. The van der Waals surface area contributed by atoms with Gasteiger partial charge in [0, 0.05) is 31.9 Å². The molecule has 0 aromatic carbocycles. The van der Waals surface area contributed by atoms with Gasteiger partial charge in [-0.3, -0.25) is 9.79 Å². The van der Waals surface area contributed by atoms with Crippen LogP contribution < -0.4 is 16.0 Å². The first-order chi connectivity index (χ1) is 12.1. The second-order valence-corrected chi connectivity index (χ2v) is 7.82. The summed E-state index contributed by atoms with van der Waals surface area (Å²) in [4.78, 5) is 20.7. The molecule has 1 aliphatic carbocycles. The molecule has 1 saturated carbocycles. The van der Waals surface area contributed by atoms with E-state index in [4.69, 9.17) is 0 Å². The number of nitrogens with zero attached hydrogens (tertiary/aromatic N) is 2. The molecule has 1 aliphatic rings. The molecular formula is C18H32IN5OS. The predicted molar refractivity (Wildman–Crippen MR) is 119 cm³/mol. The van der Waals surface area contributed by atoms with E-state index in [2.05, 4.69) is 45.2 Å². The Labute approximate surface area is 178 Å². The van der Waals surface area contributed by atoms with E-state index in [-0.39, 0.29) is 29.9 Å². The van der Waals surface area contributed by atoms with Crippen molar-refractivity contribution in [1.82, 2.24) is 20.9 Å². The van der Waals surface area contributed by atoms with Gasteiger partial charge in [-0.05, 0) is 24.7 Å². The van der Waals surface area contributed by atoms with Gasteiger partial charge in [-0.15, -0.1) is 35.3 Å². The van der Waals surface area contributed by atoms with Crippen molar-refractivity contribution in [2.45, 2.75) is 58.4 Å². The summed E-state index contributed by atoms with van der Waals surface area (Å²) >= 11 is 1.66. The van der Waals surface area contributed by atoms with E-state index in [9.17, 15) is 4.79 Å². The van der Waals surface area contributed by atoms with Crippen LogP contribution in [-0.4, -0.2) is 37.0 Å². The minimum absolute atomic E-state index is 0. The molecule has 1 amide bonds. The summed E-state index contributed by atoms with van der Waals surface area (Å²) in [6.45, 7) is 6.22. The lowest BCUT2D eigenvalue weighted by molar-refractivity contribution is -0.121. The summed E-state index contributed by atoms with van der Waals surface area (Å²) in [6.07, 6.45) is 5.64. The molecule has 1 fully saturated rings. The fourth-order valence-electron chi connectivity index (χ4n) is 2.98. The molecule has 0 bridgehead atoms. The molecule has 6 nitrogen and oxygen atoms in total. The van der Waals surface area contributed by atoms with Gasteiger partial charge in [0.15, 0.2) is 5.96 Å². The molecule has 0 radical (unpaired) electrons. The summed E-state index contributed by atoms with van der Waals surface area (Å²) in [5, 5.41) is 12.6. The summed E-state index contributed by atoms with van der Waals surface area (Å²) in [6, 6.07) is 0. The molecular weight excluding hydrogens is 461 g/mol. The van der Waals surface area contributed by atoms with Crippen LogP contribution in [0.3, 0.4) is 0 Å². The standard InChI is InChI=1S/C18H31N5OS.HI/c1-13(2)15-12-25-17(23-15)11-22-18(19-3)21-9-8-20-16(24)10-14-6-4-5-7-14;/h12-14H,4-11H2,1-3H3,(H,20,24)(H2,19,21,22);1H. The third kappa shape index (κ3) is 8.20. The molecule has 0 saturated heterocycles. The van der Waals surface area contributed by atoms with Gasteiger partial charge in [0.05, 0.1) is 12.2 Å². The Kier molecular flexibility index (Phi) is 11.1. The molecule has 0 unspecified atom stereocenters. The van der Waals surface area contributed by atoms with E-state index in [1.807, 2.05) is 0 Å². The topological polar surface area (TPSA) is 78.4 Å². The normalized spacial score (nSPS) is 15.0. The lowest BCUT2D eigenvalue weighted by Crippen LogP contribution is -2.41.